The zero-order valence-electron chi connectivity index (χ0n) is 7.44. The average molecular weight is 162 g/mol. The van der Waals surface area contributed by atoms with E-state index >= 15 is 0 Å². The second kappa shape index (κ2) is 11.8. The summed E-state index contributed by atoms with van der Waals surface area (Å²) in [4.78, 5) is 10.2. The van der Waals surface area contributed by atoms with Gasteiger partial charge in [-0.25, -0.2) is 0 Å². The van der Waals surface area contributed by atoms with Crippen LogP contribution in [-0.2, 0) is 4.79 Å². The molecule has 0 bridgehead atoms. The van der Waals surface area contributed by atoms with Crippen LogP contribution in [0.3, 0.4) is 0 Å². The Labute approximate surface area is 68.6 Å². The maximum absolute atomic E-state index is 10.2. The van der Waals surface area contributed by atoms with Gasteiger partial charge >= 0.3 is 0 Å². The Balaban J connectivity index is 0. The summed E-state index contributed by atoms with van der Waals surface area (Å²) >= 11 is 1.46. The van der Waals surface area contributed by atoms with Gasteiger partial charge in [0.05, 0.1) is 0 Å². The summed E-state index contributed by atoms with van der Waals surface area (Å²) in [6, 6.07) is 0. The molecule has 0 aliphatic carbocycles. The van der Waals surface area contributed by atoms with Crippen LogP contribution in [0.1, 0.15) is 40.5 Å². The van der Waals surface area contributed by atoms with Gasteiger partial charge in [0, 0.05) is 12.2 Å². The van der Waals surface area contributed by atoms with Crippen molar-refractivity contribution < 1.29 is 4.79 Å². The predicted molar refractivity (Wildman–Crippen MR) is 49.4 cm³/mol. The van der Waals surface area contributed by atoms with Gasteiger partial charge in [0.15, 0.2) is 5.12 Å². The zero-order valence-corrected chi connectivity index (χ0v) is 8.25. The summed E-state index contributed by atoms with van der Waals surface area (Å²) in [5.74, 6) is 1.05. The van der Waals surface area contributed by atoms with E-state index in [0.29, 0.717) is 5.12 Å². The zero-order chi connectivity index (χ0) is 8.41. The molecule has 1 rings (SSSR count). The van der Waals surface area contributed by atoms with Gasteiger partial charge in [0.1, 0.15) is 0 Å². The second-order valence-corrected chi connectivity index (χ2v) is 2.48. The Bertz CT molecular complexity index is 63.7. The Kier molecular flexibility index (Phi) is 14.9. The fourth-order valence-electron chi connectivity index (χ4n) is 0.475. The average Bonchev–Trinajstić information content (AvgIpc) is 2.48. The fraction of sp³-hybridized carbons (Fsp3) is 0.875. The molecule has 0 amide bonds. The molecule has 0 aromatic carbocycles. The molecule has 1 fully saturated rings. The number of thioether (sulfide) groups is 1. The normalized spacial score (nSPS) is 14.6. The van der Waals surface area contributed by atoms with Crippen molar-refractivity contribution in [3.05, 3.63) is 0 Å². The van der Waals surface area contributed by atoms with Gasteiger partial charge in [-0.1, -0.05) is 39.5 Å². The van der Waals surface area contributed by atoms with Gasteiger partial charge in [0.2, 0.25) is 0 Å². The van der Waals surface area contributed by atoms with Gasteiger partial charge in [-0.15, -0.1) is 0 Å². The van der Waals surface area contributed by atoms with Crippen molar-refractivity contribution in [2.45, 2.75) is 40.5 Å². The van der Waals surface area contributed by atoms with Crippen LogP contribution >= 0.6 is 11.8 Å². The molecule has 2 heteroatoms. The first-order valence-electron chi connectivity index (χ1n) is 4.05. The fourth-order valence-corrected chi connectivity index (χ4v) is 1.28. The number of hydrogen-bond acceptors (Lipinski definition) is 2. The minimum absolute atomic E-state index is 0.370. The van der Waals surface area contributed by atoms with Crippen molar-refractivity contribution in [3.63, 3.8) is 0 Å². The van der Waals surface area contributed by atoms with E-state index in [4.69, 9.17) is 0 Å². The summed E-state index contributed by atoms with van der Waals surface area (Å²) in [7, 11) is 0. The van der Waals surface area contributed by atoms with E-state index in [9.17, 15) is 4.79 Å². The van der Waals surface area contributed by atoms with Gasteiger partial charge in [0.25, 0.3) is 0 Å². The molecule has 0 N–H and O–H groups in total. The first kappa shape index (κ1) is 12.7. The van der Waals surface area contributed by atoms with E-state index in [1.807, 2.05) is 27.7 Å². The van der Waals surface area contributed by atoms with Crippen LogP contribution in [0.4, 0.5) is 0 Å². The van der Waals surface area contributed by atoms with Crippen LogP contribution < -0.4 is 0 Å². The van der Waals surface area contributed by atoms with Crippen LogP contribution in [0.25, 0.3) is 0 Å². The van der Waals surface area contributed by atoms with Crippen LogP contribution in [0.5, 0.6) is 0 Å². The largest absolute Gasteiger partial charge is 0.287 e. The van der Waals surface area contributed by atoms with Gasteiger partial charge < -0.3 is 0 Å². The third-order valence-electron chi connectivity index (χ3n) is 0.788. The highest BCUT2D eigenvalue weighted by atomic mass is 32.2. The minimum atomic E-state index is 0.370. The molecule has 0 saturated carbocycles. The van der Waals surface area contributed by atoms with Crippen molar-refractivity contribution in [2.24, 2.45) is 0 Å². The van der Waals surface area contributed by atoms with E-state index in [0.717, 1.165) is 18.6 Å². The van der Waals surface area contributed by atoms with Crippen molar-refractivity contribution in [1.82, 2.24) is 0 Å². The third kappa shape index (κ3) is 8.02. The maximum Gasteiger partial charge on any atom is 0.188 e. The number of carbonyl (C=O) groups excluding carboxylic acids is 1. The summed E-state index contributed by atoms with van der Waals surface area (Å²) in [6.45, 7) is 8.00. The second-order valence-electron chi connectivity index (χ2n) is 1.32. The highest BCUT2D eigenvalue weighted by Crippen LogP contribution is 2.17. The first-order valence-corrected chi connectivity index (χ1v) is 5.04. The molecule has 0 atom stereocenters. The molecule has 1 saturated heterocycles. The molecule has 0 aromatic heterocycles. The van der Waals surface area contributed by atoms with Gasteiger partial charge in [-0.05, 0) is 6.42 Å². The monoisotopic (exact) mass is 162 g/mol. The SMILES string of the molecule is CC.CC.O=C1CCCS1. The van der Waals surface area contributed by atoms with E-state index < -0.39 is 0 Å². The lowest BCUT2D eigenvalue weighted by molar-refractivity contribution is -0.110. The molecule has 1 heterocycles. The summed E-state index contributed by atoms with van der Waals surface area (Å²) in [6.07, 6.45) is 1.91. The Morgan fingerprint density at radius 1 is 1.20 bits per heavy atom. The predicted octanol–water partition coefficient (Wildman–Crippen LogP) is 3.09. The smallest absolute Gasteiger partial charge is 0.188 e. The molecule has 0 radical (unpaired) electrons. The molecule has 1 aliphatic heterocycles. The van der Waals surface area contributed by atoms with E-state index in [2.05, 4.69) is 0 Å². The van der Waals surface area contributed by atoms with Crippen molar-refractivity contribution in [2.75, 3.05) is 5.75 Å². The molecule has 0 aromatic rings. The van der Waals surface area contributed by atoms with Crippen LogP contribution in [0.2, 0.25) is 0 Å². The maximum atomic E-state index is 10.2. The van der Waals surface area contributed by atoms with Crippen molar-refractivity contribution in [3.8, 4) is 0 Å². The van der Waals surface area contributed by atoms with E-state index in [-0.39, 0.29) is 0 Å². The first-order chi connectivity index (χ1) is 4.89. The van der Waals surface area contributed by atoms with Crippen molar-refractivity contribution in [1.29, 1.82) is 0 Å². The molecule has 0 spiro atoms. The van der Waals surface area contributed by atoms with Crippen molar-refractivity contribution >= 4 is 16.9 Å². The Morgan fingerprint density at radius 3 is 1.80 bits per heavy atom. The van der Waals surface area contributed by atoms with E-state index in [1.54, 1.807) is 0 Å². The van der Waals surface area contributed by atoms with Crippen LogP contribution in [0, 0.1) is 0 Å². The van der Waals surface area contributed by atoms with E-state index in [1.165, 1.54) is 11.8 Å². The van der Waals surface area contributed by atoms with Crippen LogP contribution in [0.15, 0.2) is 0 Å². The molecule has 62 valence electrons. The minimum Gasteiger partial charge on any atom is -0.287 e. The summed E-state index contributed by atoms with van der Waals surface area (Å²) < 4.78 is 0. The lowest BCUT2D eigenvalue weighted by Crippen LogP contribution is -1.75. The molecule has 1 aliphatic rings. The standard InChI is InChI=1S/C4H6OS.2C2H6/c5-4-2-1-3-6-4;2*1-2/h1-3H2;2*1-2H3. The highest BCUT2D eigenvalue weighted by molar-refractivity contribution is 8.14. The number of carbonyl (C=O) groups is 1. The van der Waals surface area contributed by atoms with Gasteiger partial charge in [-0.3, -0.25) is 4.79 Å². The Morgan fingerprint density at radius 2 is 1.70 bits per heavy atom. The molecule has 1 nitrogen and oxygen atoms in total. The highest BCUT2D eigenvalue weighted by Gasteiger charge is 2.08. The number of hydrogen-bond donors (Lipinski definition) is 0. The van der Waals surface area contributed by atoms with Crippen LogP contribution in [-0.4, -0.2) is 10.9 Å². The molecule has 0 unspecified atom stereocenters. The quantitative estimate of drug-likeness (QED) is 0.544. The van der Waals surface area contributed by atoms with Gasteiger partial charge in [-0.2, -0.15) is 0 Å². The molecular formula is C8H18OS. The summed E-state index contributed by atoms with van der Waals surface area (Å²) in [5, 5.41) is 0.370. The Hall–Kier alpha value is 0.0200. The lowest BCUT2D eigenvalue weighted by atomic mass is 10.4. The topological polar surface area (TPSA) is 17.1 Å². The summed E-state index contributed by atoms with van der Waals surface area (Å²) in [5.41, 5.74) is 0. The number of rotatable bonds is 0. The lowest BCUT2D eigenvalue weighted by Gasteiger charge is -1.71. The molecule has 10 heavy (non-hydrogen) atoms. The third-order valence-corrected chi connectivity index (χ3v) is 1.81. The molecular weight excluding hydrogens is 144 g/mol.